The first-order valence-electron chi connectivity index (χ1n) is 6.81. The Hall–Kier alpha value is -1.16. The van der Waals surface area contributed by atoms with Gasteiger partial charge in [-0.05, 0) is 35.4 Å². The molecule has 0 aliphatic heterocycles. The fourth-order valence-corrected chi connectivity index (χ4v) is 2.68. The summed E-state index contributed by atoms with van der Waals surface area (Å²) >= 11 is 1.74. The van der Waals surface area contributed by atoms with Crippen LogP contribution in [-0.2, 0) is 24.5 Å². The van der Waals surface area contributed by atoms with Crippen LogP contribution in [0.5, 0.6) is 0 Å². The predicted molar refractivity (Wildman–Crippen MR) is 79.1 cm³/mol. The molecule has 100 valence electrons. The Morgan fingerprint density at radius 3 is 2.79 bits per heavy atom. The van der Waals surface area contributed by atoms with Crippen molar-refractivity contribution in [3.05, 3.63) is 57.8 Å². The maximum atomic E-state index is 5.75. The second-order valence-electron chi connectivity index (χ2n) is 5.05. The third-order valence-corrected chi connectivity index (χ3v) is 4.11. The lowest BCUT2D eigenvalue weighted by Crippen LogP contribution is -2.15. The summed E-state index contributed by atoms with van der Waals surface area (Å²) in [5.74, 6) is 0. The molecule has 2 nitrogen and oxygen atoms in total. The van der Waals surface area contributed by atoms with Crippen LogP contribution in [0.25, 0.3) is 0 Å². The second kappa shape index (κ2) is 6.33. The van der Waals surface area contributed by atoms with Crippen LogP contribution in [0.1, 0.15) is 28.8 Å². The van der Waals surface area contributed by atoms with Gasteiger partial charge in [-0.1, -0.05) is 30.3 Å². The van der Waals surface area contributed by atoms with Gasteiger partial charge in [-0.15, -0.1) is 11.3 Å². The van der Waals surface area contributed by atoms with Crippen LogP contribution in [0, 0.1) is 0 Å². The first-order valence-corrected chi connectivity index (χ1v) is 7.69. The Bertz CT molecular complexity index is 505. The molecule has 1 aromatic carbocycles. The van der Waals surface area contributed by atoms with Gasteiger partial charge in [0.25, 0.3) is 0 Å². The fourth-order valence-electron chi connectivity index (χ4n) is 2.04. The van der Waals surface area contributed by atoms with E-state index in [1.54, 1.807) is 11.3 Å². The summed E-state index contributed by atoms with van der Waals surface area (Å²) in [5.41, 5.74) is 2.61. The third-order valence-electron chi connectivity index (χ3n) is 3.26. The molecule has 1 aromatic heterocycles. The van der Waals surface area contributed by atoms with Gasteiger partial charge in [-0.2, -0.15) is 0 Å². The molecule has 3 rings (SSSR count). The van der Waals surface area contributed by atoms with Gasteiger partial charge in [-0.3, -0.25) is 0 Å². The Labute approximate surface area is 118 Å². The zero-order valence-electron chi connectivity index (χ0n) is 11.0. The molecule has 0 radical (unpaired) electrons. The van der Waals surface area contributed by atoms with Crippen molar-refractivity contribution in [2.75, 3.05) is 0 Å². The lowest BCUT2D eigenvalue weighted by Gasteiger charge is -2.07. The largest absolute Gasteiger partial charge is 0.371 e. The average Bonchev–Trinajstić information content (AvgIpc) is 3.13. The van der Waals surface area contributed by atoms with Crippen LogP contribution in [0.2, 0.25) is 0 Å². The molecule has 1 aliphatic rings. The van der Waals surface area contributed by atoms with Crippen LogP contribution < -0.4 is 5.32 Å². The standard InChI is InChI=1S/C16H19NOS/c1-3-13(10-17-15-6-7-15)9-14(4-1)11-18-12-16-5-2-8-19-16/h1-5,8-9,15,17H,6-7,10-12H2. The van der Waals surface area contributed by atoms with Gasteiger partial charge in [0.05, 0.1) is 13.2 Å². The van der Waals surface area contributed by atoms with Crippen molar-refractivity contribution >= 4 is 11.3 Å². The van der Waals surface area contributed by atoms with Crippen LogP contribution in [0.4, 0.5) is 0 Å². The quantitative estimate of drug-likeness (QED) is 0.830. The van der Waals surface area contributed by atoms with Gasteiger partial charge in [0, 0.05) is 17.5 Å². The van der Waals surface area contributed by atoms with Gasteiger partial charge >= 0.3 is 0 Å². The predicted octanol–water partition coefficient (Wildman–Crippen LogP) is 3.72. The van der Waals surface area contributed by atoms with E-state index in [0.717, 1.165) is 12.6 Å². The minimum atomic E-state index is 0.690. The third kappa shape index (κ3) is 4.16. The van der Waals surface area contributed by atoms with Gasteiger partial charge in [0.15, 0.2) is 0 Å². The van der Waals surface area contributed by atoms with Crippen LogP contribution >= 0.6 is 11.3 Å². The molecule has 1 N–H and O–H groups in total. The lowest BCUT2D eigenvalue weighted by atomic mass is 10.1. The van der Waals surface area contributed by atoms with Gasteiger partial charge in [0.2, 0.25) is 0 Å². The van der Waals surface area contributed by atoms with E-state index >= 15 is 0 Å². The molecule has 0 bridgehead atoms. The Morgan fingerprint density at radius 1 is 1.11 bits per heavy atom. The lowest BCUT2D eigenvalue weighted by molar-refractivity contribution is 0.109. The SMILES string of the molecule is c1cc(CNC2CC2)cc(COCc2cccs2)c1. The Kier molecular flexibility index (Phi) is 4.28. The summed E-state index contributed by atoms with van der Waals surface area (Å²) in [5, 5.41) is 5.63. The zero-order chi connectivity index (χ0) is 12.9. The molecular weight excluding hydrogens is 254 g/mol. The molecular formula is C16H19NOS. The van der Waals surface area contributed by atoms with E-state index in [2.05, 4.69) is 47.1 Å². The van der Waals surface area contributed by atoms with Crippen molar-refractivity contribution < 1.29 is 4.74 Å². The molecule has 1 heterocycles. The minimum absolute atomic E-state index is 0.690. The summed E-state index contributed by atoms with van der Waals surface area (Å²) in [6.07, 6.45) is 2.67. The minimum Gasteiger partial charge on any atom is -0.371 e. The molecule has 1 fully saturated rings. The van der Waals surface area contributed by atoms with E-state index in [4.69, 9.17) is 4.74 Å². The highest BCUT2D eigenvalue weighted by molar-refractivity contribution is 7.09. The fraction of sp³-hybridized carbons (Fsp3) is 0.375. The molecule has 0 unspecified atom stereocenters. The number of nitrogens with one attached hydrogen (secondary N) is 1. The van der Waals surface area contributed by atoms with E-state index in [9.17, 15) is 0 Å². The van der Waals surface area contributed by atoms with Crippen molar-refractivity contribution in [1.29, 1.82) is 0 Å². The maximum Gasteiger partial charge on any atom is 0.0813 e. The highest BCUT2D eigenvalue weighted by Gasteiger charge is 2.19. The van der Waals surface area contributed by atoms with Gasteiger partial charge in [-0.25, -0.2) is 0 Å². The maximum absolute atomic E-state index is 5.75. The summed E-state index contributed by atoms with van der Waals surface area (Å²) in [6, 6.07) is 13.6. The van der Waals surface area contributed by atoms with Crippen molar-refractivity contribution in [3.8, 4) is 0 Å². The topological polar surface area (TPSA) is 21.3 Å². The van der Waals surface area contributed by atoms with Crippen molar-refractivity contribution in [2.45, 2.75) is 38.6 Å². The smallest absolute Gasteiger partial charge is 0.0813 e. The number of hydrogen-bond donors (Lipinski definition) is 1. The molecule has 2 aromatic rings. The summed E-state index contributed by atoms with van der Waals surface area (Å²) in [4.78, 5) is 1.28. The van der Waals surface area contributed by atoms with Crippen molar-refractivity contribution in [2.24, 2.45) is 0 Å². The second-order valence-corrected chi connectivity index (χ2v) is 6.08. The molecule has 0 saturated heterocycles. The van der Waals surface area contributed by atoms with Crippen LogP contribution in [0.15, 0.2) is 41.8 Å². The normalized spacial score (nSPS) is 14.7. The van der Waals surface area contributed by atoms with Gasteiger partial charge in [0.1, 0.15) is 0 Å². The first-order chi connectivity index (χ1) is 9.40. The highest BCUT2D eigenvalue weighted by Crippen LogP contribution is 2.19. The summed E-state index contributed by atoms with van der Waals surface area (Å²) < 4.78 is 5.75. The van der Waals surface area contributed by atoms with Crippen LogP contribution in [0.3, 0.4) is 0 Å². The molecule has 19 heavy (non-hydrogen) atoms. The number of benzene rings is 1. The number of ether oxygens (including phenoxy) is 1. The monoisotopic (exact) mass is 273 g/mol. The molecule has 0 atom stereocenters. The Morgan fingerprint density at radius 2 is 2.00 bits per heavy atom. The molecule has 0 amide bonds. The summed E-state index contributed by atoms with van der Waals surface area (Å²) in [6.45, 7) is 2.38. The van der Waals surface area contributed by atoms with Crippen LogP contribution in [-0.4, -0.2) is 6.04 Å². The molecule has 1 saturated carbocycles. The van der Waals surface area contributed by atoms with Gasteiger partial charge < -0.3 is 10.1 Å². The Balaban J connectivity index is 1.47. The van der Waals surface area contributed by atoms with E-state index < -0.39 is 0 Å². The van der Waals surface area contributed by atoms with Crippen molar-refractivity contribution in [3.63, 3.8) is 0 Å². The van der Waals surface area contributed by atoms with E-state index in [1.807, 2.05) is 0 Å². The average molecular weight is 273 g/mol. The molecule has 1 aliphatic carbocycles. The van der Waals surface area contributed by atoms with Crippen molar-refractivity contribution in [1.82, 2.24) is 5.32 Å². The highest BCUT2D eigenvalue weighted by atomic mass is 32.1. The van der Waals surface area contributed by atoms with E-state index in [1.165, 1.54) is 28.8 Å². The first kappa shape index (κ1) is 12.9. The number of hydrogen-bond acceptors (Lipinski definition) is 3. The number of rotatable bonds is 7. The van der Waals surface area contributed by atoms with E-state index in [-0.39, 0.29) is 0 Å². The number of thiophene rings is 1. The summed E-state index contributed by atoms with van der Waals surface area (Å²) in [7, 11) is 0. The zero-order valence-corrected chi connectivity index (χ0v) is 11.8. The molecule has 3 heteroatoms. The van der Waals surface area contributed by atoms with E-state index in [0.29, 0.717) is 13.2 Å². The molecule has 0 spiro atoms.